The van der Waals surface area contributed by atoms with E-state index in [1.807, 2.05) is 24.3 Å². The summed E-state index contributed by atoms with van der Waals surface area (Å²) in [6.45, 7) is 2.05. The fraction of sp³-hybridized carbons (Fsp3) is 0.111. The van der Waals surface area contributed by atoms with E-state index in [1.165, 1.54) is 9.65 Å². The second-order valence-electron chi connectivity index (χ2n) is 2.85. The first-order chi connectivity index (χ1) is 6.25. The van der Waals surface area contributed by atoms with Gasteiger partial charge in [-0.3, -0.25) is 0 Å². The van der Waals surface area contributed by atoms with Gasteiger partial charge in [-0.05, 0) is 19.7 Å². The molecule has 0 saturated heterocycles. The summed E-state index contributed by atoms with van der Waals surface area (Å²) in [5, 5.41) is 4.08. The summed E-state index contributed by atoms with van der Waals surface area (Å²) in [6, 6.07) is 8.07. The Labute approximate surface area is 82.0 Å². The van der Waals surface area contributed by atoms with Gasteiger partial charge in [0, 0.05) is 5.56 Å². The van der Waals surface area contributed by atoms with Crippen LogP contribution in [0.2, 0.25) is 0 Å². The first kappa shape index (κ1) is 8.31. The van der Waals surface area contributed by atoms with Gasteiger partial charge in [-0.25, -0.2) is 4.98 Å². The monoisotopic (exact) mass is 191 g/mol. The Balaban J connectivity index is 2.41. The minimum absolute atomic E-state index is 0.704. The number of hydrogen-bond acceptors (Lipinski definition) is 3. The lowest BCUT2D eigenvalue weighted by molar-refractivity contribution is 1.02. The molecule has 66 valence electrons. The van der Waals surface area contributed by atoms with Crippen molar-refractivity contribution in [3.63, 3.8) is 0 Å². The van der Waals surface area contributed by atoms with E-state index in [1.54, 1.807) is 6.33 Å². The largest absolute Gasteiger partial charge is 0.214 e. The third-order valence-electron chi connectivity index (χ3n) is 1.79. The summed E-state index contributed by atoms with van der Waals surface area (Å²) in [5.41, 5.74) is 2.24. The molecule has 0 N–H and O–H groups in total. The van der Waals surface area contributed by atoms with E-state index in [9.17, 15) is 0 Å². The Kier molecular flexibility index (Phi) is 2.06. The van der Waals surface area contributed by atoms with Crippen molar-refractivity contribution in [1.82, 2.24) is 14.2 Å². The fourth-order valence-corrected chi connectivity index (χ4v) is 1.23. The molecule has 4 heteroatoms. The number of nitrogens with zero attached hydrogens (tertiary/aromatic N) is 3. The molecule has 0 aliphatic heterocycles. The smallest absolute Gasteiger partial charge is 0.182 e. The summed E-state index contributed by atoms with van der Waals surface area (Å²) < 4.78 is 1.40. The fourth-order valence-electron chi connectivity index (χ4n) is 1.09. The zero-order valence-electron chi connectivity index (χ0n) is 7.18. The van der Waals surface area contributed by atoms with Crippen LogP contribution in [0.3, 0.4) is 0 Å². The number of rotatable bonds is 1. The first-order valence-electron chi connectivity index (χ1n) is 3.93. The molecular weight excluding hydrogens is 182 g/mol. The molecule has 0 saturated carbocycles. The third-order valence-corrected chi connectivity index (χ3v) is 1.98. The SMILES string of the molecule is Cc1ccc(-c2ncn(S)n2)cc1. The molecule has 0 fully saturated rings. The molecular formula is C9H9N3S. The van der Waals surface area contributed by atoms with Crippen LogP contribution in [0.5, 0.6) is 0 Å². The lowest BCUT2D eigenvalue weighted by atomic mass is 10.1. The second kappa shape index (κ2) is 3.22. The van der Waals surface area contributed by atoms with Gasteiger partial charge >= 0.3 is 0 Å². The zero-order valence-corrected chi connectivity index (χ0v) is 8.07. The zero-order chi connectivity index (χ0) is 9.26. The Bertz CT molecular complexity index is 405. The molecule has 0 spiro atoms. The Morgan fingerprint density at radius 1 is 1.23 bits per heavy atom. The minimum atomic E-state index is 0.704. The average molecular weight is 191 g/mol. The molecule has 0 aliphatic carbocycles. The van der Waals surface area contributed by atoms with Gasteiger partial charge in [0.05, 0.1) is 0 Å². The van der Waals surface area contributed by atoms with Crippen LogP contribution in [-0.4, -0.2) is 14.2 Å². The molecule has 0 aliphatic rings. The summed E-state index contributed by atoms with van der Waals surface area (Å²) >= 11 is 4.02. The van der Waals surface area contributed by atoms with Crippen LogP contribution < -0.4 is 0 Å². The van der Waals surface area contributed by atoms with E-state index in [-0.39, 0.29) is 0 Å². The highest BCUT2D eigenvalue weighted by molar-refractivity contribution is 7.78. The van der Waals surface area contributed by atoms with Crippen molar-refractivity contribution in [2.75, 3.05) is 0 Å². The van der Waals surface area contributed by atoms with Gasteiger partial charge in [0.25, 0.3) is 0 Å². The molecule has 0 unspecified atom stereocenters. The summed E-state index contributed by atoms with van der Waals surface area (Å²) in [4.78, 5) is 4.09. The maximum Gasteiger partial charge on any atom is 0.182 e. The van der Waals surface area contributed by atoms with Crippen molar-refractivity contribution in [2.45, 2.75) is 6.92 Å². The highest BCUT2D eigenvalue weighted by Crippen LogP contribution is 2.14. The van der Waals surface area contributed by atoms with Crippen LogP contribution in [-0.2, 0) is 0 Å². The van der Waals surface area contributed by atoms with E-state index >= 15 is 0 Å². The molecule has 2 aromatic rings. The van der Waals surface area contributed by atoms with Crippen molar-refractivity contribution in [3.8, 4) is 11.4 Å². The van der Waals surface area contributed by atoms with Gasteiger partial charge < -0.3 is 0 Å². The topological polar surface area (TPSA) is 30.7 Å². The Morgan fingerprint density at radius 3 is 2.46 bits per heavy atom. The normalized spacial score (nSPS) is 10.3. The van der Waals surface area contributed by atoms with Gasteiger partial charge in [-0.15, -0.1) is 5.10 Å². The number of hydrogen-bond donors (Lipinski definition) is 1. The molecule has 0 atom stereocenters. The predicted molar refractivity (Wildman–Crippen MR) is 54.6 cm³/mol. The summed E-state index contributed by atoms with van der Waals surface area (Å²) in [6.07, 6.45) is 1.57. The molecule has 0 amide bonds. The molecule has 1 heterocycles. The molecule has 0 bridgehead atoms. The Hall–Kier alpha value is -1.29. The molecule has 13 heavy (non-hydrogen) atoms. The lowest BCUT2D eigenvalue weighted by Gasteiger charge is -1.94. The predicted octanol–water partition coefficient (Wildman–Crippen LogP) is 1.95. The van der Waals surface area contributed by atoms with Crippen molar-refractivity contribution >= 4 is 12.8 Å². The van der Waals surface area contributed by atoms with Gasteiger partial charge in [0.1, 0.15) is 6.33 Å². The third kappa shape index (κ3) is 1.72. The van der Waals surface area contributed by atoms with E-state index in [0.717, 1.165) is 5.56 Å². The lowest BCUT2D eigenvalue weighted by Crippen LogP contribution is -1.83. The number of benzene rings is 1. The average Bonchev–Trinajstić information content (AvgIpc) is 2.53. The van der Waals surface area contributed by atoms with Crippen molar-refractivity contribution in [2.24, 2.45) is 0 Å². The van der Waals surface area contributed by atoms with Gasteiger partial charge in [-0.2, -0.15) is 4.09 Å². The number of aromatic nitrogens is 3. The van der Waals surface area contributed by atoms with Crippen LogP contribution in [0.1, 0.15) is 5.56 Å². The van der Waals surface area contributed by atoms with Gasteiger partial charge in [0.2, 0.25) is 0 Å². The summed E-state index contributed by atoms with van der Waals surface area (Å²) in [7, 11) is 0. The summed E-state index contributed by atoms with van der Waals surface area (Å²) in [5.74, 6) is 0.704. The molecule has 3 nitrogen and oxygen atoms in total. The van der Waals surface area contributed by atoms with Gasteiger partial charge in [0.15, 0.2) is 5.82 Å². The highest BCUT2D eigenvalue weighted by Gasteiger charge is 2.01. The van der Waals surface area contributed by atoms with Crippen LogP contribution >= 0.6 is 12.8 Å². The van der Waals surface area contributed by atoms with Crippen molar-refractivity contribution in [1.29, 1.82) is 0 Å². The maximum absolute atomic E-state index is 4.09. The highest BCUT2D eigenvalue weighted by atomic mass is 32.1. The van der Waals surface area contributed by atoms with Crippen molar-refractivity contribution in [3.05, 3.63) is 36.2 Å². The van der Waals surface area contributed by atoms with E-state index in [2.05, 4.69) is 29.8 Å². The van der Waals surface area contributed by atoms with Gasteiger partial charge in [-0.1, -0.05) is 29.8 Å². The van der Waals surface area contributed by atoms with Crippen molar-refractivity contribution < 1.29 is 0 Å². The second-order valence-corrected chi connectivity index (χ2v) is 3.26. The molecule has 2 rings (SSSR count). The van der Waals surface area contributed by atoms with Crippen LogP contribution in [0.25, 0.3) is 11.4 Å². The molecule has 1 aromatic carbocycles. The van der Waals surface area contributed by atoms with E-state index in [0.29, 0.717) is 5.82 Å². The van der Waals surface area contributed by atoms with Crippen LogP contribution in [0.15, 0.2) is 30.6 Å². The molecule has 1 aromatic heterocycles. The Morgan fingerprint density at radius 2 is 1.92 bits per heavy atom. The van der Waals surface area contributed by atoms with Crippen LogP contribution in [0.4, 0.5) is 0 Å². The quantitative estimate of drug-likeness (QED) is 0.698. The standard InChI is InChI=1S/C9H9N3S/c1-7-2-4-8(5-3-7)9-10-6-12(13)11-9/h2-6,13H,1H3. The maximum atomic E-state index is 4.09. The first-order valence-corrected chi connectivity index (χ1v) is 4.33. The van der Waals surface area contributed by atoms with E-state index in [4.69, 9.17) is 0 Å². The minimum Gasteiger partial charge on any atom is -0.214 e. The molecule has 0 radical (unpaired) electrons. The number of thiol groups is 1. The van der Waals surface area contributed by atoms with Crippen LogP contribution in [0, 0.1) is 6.92 Å². The number of aryl methyl sites for hydroxylation is 1. The van der Waals surface area contributed by atoms with E-state index < -0.39 is 0 Å².